The zero-order chi connectivity index (χ0) is 17.6. The minimum Gasteiger partial charge on any atom is -0.387 e. The van der Waals surface area contributed by atoms with Gasteiger partial charge in [-0.2, -0.15) is 0 Å². The first-order chi connectivity index (χ1) is 12.1. The molecule has 0 aliphatic heterocycles. The van der Waals surface area contributed by atoms with Crippen LogP contribution in [-0.4, -0.2) is 23.3 Å². The predicted molar refractivity (Wildman–Crippen MR) is 104 cm³/mol. The summed E-state index contributed by atoms with van der Waals surface area (Å²) in [5.74, 6) is 0.206. The normalized spacial score (nSPS) is 12.1. The second kappa shape index (κ2) is 8.39. The Labute approximate surface area is 156 Å². The van der Waals surface area contributed by atoms with E-state index in [4.69, 9.17) is 11.6 Å². The van der Waals surface area contributed by atoms with Crippen molar-refractivity contribution < 1.29 is 9.90 Å². The van der Waals surface area contributed by atoms with E-state index in [-0.39, 0.29) is 12.5 Å². The van der Waals surface area contributed by atoms with Crippen LogP contribution in [0.15, 0.2) is 71.6 Å². The highest BCUT2D eigenvalue weighted by molar-refractivity contribution is 8.00. The first-order valence-corrected chi connectivity index (χ1v) is 9.30. The number of carbonyl (C=O) groups is 1. The van der Waals surface area contributed by atoms with Crippen molar-refractivity contribution in [2.45, 2.75) is 11.0 Å². The Hall–Kier alpha value is -2.01. The lowest BCUT2D eigenvalue weighted by Gasteiger charge is -2.12. The summed E-state index contributed by atoms with van der Waals surface area (Å²) in [5.41, 5.74) is 0.729. The summed E-state index contributed by atoms with van der Waals surface area (Å²) in [6.45, 7) is 0.179. The summed E-state index contributed by atoms with van der Waals surface area (Å²) in [4.78, 5) is 13.1. The minimum absolute atomic E-state index is 0.105. The number of thioether (sulfide) groups is 1. The maximum absolute atomic E-state index is 12.0. The van der Waals surface area contributed by atoms with Crippen molar-refractivity contribution in [1.82, 2.24) is 5.32 Å². The lowest BCUT2D eigenvalue weighted by Crippen LogP contribution is -2.29. The zero-order valence-corrected chi connectivity index (χ0v) is 15.1. The average molecular weight is 372 g/mol. The fourth-order valence-electron chi connectivity index (χ4n) is 2.47. The molecule has 3 rings (SSSR count). The van der Waals surface area contributed by atoms with E-state index in [0.29, 0.717) is 10.8 Å². The monoisotopic (exact) mass is 371 g/mol. The molecule has 0 radical (unpaired) electrons. The van der Waals surface area contributed by atoms with Crippen LogP contribution in [0.4, 0.5) is 0 Å². The molecule has 3 aromatic carbocycles. The van der Waals surface area contributed by atoms with Gasteiger partial charge < -0.3 is 10.4 Å². The van der Waals surface area contributed by atoms with E-state index in [1.807, 2.05) is 18.2 Å². The highest BCUT2D eigenvalue weighted by Gasteiger charge is 2.10. The number of benzene rings is 3. The van der Waals surface area contributed by atoms with Crippen molar-refractivity contribution in [3.8, 4) is 0 Å². The standard InChI is InChI=1S/C20H18ClNO2S/c21-17-8-5-15(6-9-17)19(23)12-22-20(24)13-25-18-10-7-14-3-1-2-4-16(14)11-18/h1-11,19,23H,12-13H2,(H,22,24). The van der Waals surface area contributed by atoms with Crippen molar-refractivity contribution in [3.63, 3.8) is 0 Å². The van der Waals surface area contributed by atoms with Crippen molar-refractivity contribution in [1.29, 1.82) is 0 Å². The molecule has 3 nitrogen and oxygen atoms in total. The van der Waals surface area contributed by atoms with E-state index < -0.39 is 6.10 Å². The maximum atomic E-state index is 12.0. The molecule has 1 amide bonds. The Morgan fingerprint density at radius 1 is 1.04 bits per heavy atom. The van der Waals surface area contributed by atoms with Crippen LogP contribution in [0.5, 0.6) is 0 Å². The number of fused-ring (bicyclic) bond motifs is 1. The second-order valence-electron chi connectivity index (χ2n) is 5.67. The summed E-state index contributed by atoms with van der Waals surface area (Å²) in [6.07, 6.45) is -0.744. The number of halogens is 1. The van der Waals surface area contributed by atoms with Gasteiger partial charge >= 0.3 is 0 Å². The molecule has 0 bridgehead atoms. The van der Waals surface area contributed by atoms with Crippen LogP contribution < -0.4 is 5.32 Å². The van der Waals surface area contributed by atoms with Crippen LogP contribution >= 0.6 is 23.4 Å². The number of nitrogens with one attached hydrogen (secondary N) is 1. The third kappa shape index (κ3) is 4.98. The van der Waals surface area contributed by atoms with Gasteiger partial charge in [0.15, 0.2) is 0 Å². The number of aliphatic hydroxyl groups excluding tert-OH is 1. The molecule has 1 unspecified atom stereocenters. The van der Waals surface area contributed by atoms with E-state index >= 15 is 0 Å². The molecular formula is C20H18ClNO2S. The van der Waals surface area contributed by atoms with Gasteiger partial charge in [0.05, 0.1) is 11.9 Å². The Kier molecular flexibility index (Phi) is 5.97. The third-order valence-electron chi connectivity index (χ3n) is 3.84. The van der Waals surface area contributed by atoms with Gasteiger partial charge in [0, 0.05) is 16.5 Å². The van der Waals surface area contributed by atoms with E-state index in [0.717, 1.165) is 15.8 Å². The van der Waals surface area contributed by atoms with Gasteiger partial charge in [0.25, 0.3) is 0 Å². The predicted octanol–water partition coefficient (Wildman–Crippen LogP) is 4.44. The zero-order valence-electron chi connectivity index (χ0n) is 13.5. The Bertz CT molecular complexity index is 867. The van der Waals surface area contributed by atoms with Crippen molar-refractivity contribution in [3.05, 3.63) is 77.3 Å². The molecule has 3 aromatic rings. The summed E-state index contributed by atoms with van der Waals surface area (Å²) in [5, 5.41) is 15.8. The molecule has 0 saturated heterocycles. The topological polar surface area (TPSA) is 49.3 Å². The van der Waals surface area contributed by atoms with E-state index in [1.165, 1.54) is 17.1 Å². The molecule has 0 saturated carbocycles. The number of amides is 1. The lowest BCUT2D eigenvalue weighted by molar-refractivity contribution is -0.119. The van der Waals surface area contributed by atoms with Gasteiger partial charge in [0.1, 0.15) is 0 Å². The molecule has 0 spiro atoms. The van der Waals surface area contributed by atoms with Crippen LogP contribution in [-0.2, 0) is 4.79 Å². The third-order valence-corrected chi connectivity index (χ3v) is 5.08. The molecule has 128 valence electrons. The van der Waals surface area contributed by atoms with Crippen LogP contribution in [0.25, 0.3) is 10.8 Å². The van der Waals surface area contributed by atoms with Gasteiger partial charge in [-0.3, -0.25) is 4.79 Å². The highest BCUT2D eigenvalue weighted by Crippen LogP contribution is 2.23. The van der Waals surface area contributed by atoms with Crippen LogP contribution in [0, 0.1) is 0 Å². The largest absolute Gasteiger partial charge is 0.387 e. The van der Waals surface area contributed by atoms with E-state index in [2.05, 4.69) is 29.6 Å². The smallest absolute Gasteiger partial charge is 0.230 e. The number of rotatable bonds is 6. The second-order valence-corrected chi connectivity index (χ2v) is 7.15. The minimum atomic E-state index is -0.744. The Morgan fingerprint density at radius 3 is 2.52 bits per heavy atom. The highest BCUT2D eigenvalue weighted by atomic mass is 35.5. The number of aliphatic hydroxyl groups is 1. The molecule has 0 fully saturated rings. The SMILES string of the molecule is O=C(CSc1ccc2ccccc2c1)NCC(O)c1ccc(Cl)cc1. The van der Waals surface area contributed by atoms with Crippen LogP contribution in [0.3, 0.4) is 0 Å². The summed E-state index contributed by atoms with van der Waals surface area (Å²) in [7, 11) is 0. The Morgan fingerprint density at radius 2 is 1.76 bits per heavy atom. The molecular weight excluding hydrogens is 354 g/mol. The number of hydrogen-bond donors (Lipinski definition) is 2. The van der Waals surface area contributed by atoms with Gasteiger partial charge in [0.2, 0.25) is 5.91 Å². The maximum Gasteiger partial charge on any atom is 0.230 e. The molecule has 0 aliphatic rings. The van der Waals surface area contributed by atoms with Gasteiger partial charge in [-0.05, 0) is 40.6 Å². The van der Waals surface area contributed by atoms with E-state index in [1.54, 1.807) is 24.3 Å². The molecule has 1 atom stereocenters. The molecule has 0 aromatic heterocycles. The molecule has 0 aliphatic carbocycles. The molecule has 5 heteroatoms. The first-order valence-electron chi connectivity index (χ1n) is 7.93. The number of carbonyl (C=O) groups excluding carboxylic acids is 1. The molecule has 0 heterocycles. The fraction of sp³-hybridized carbons (Fsp3) is 0.150. The Balaban J connectivity index is 1.49. The molecule has 25 heavy (non-hydrogen) atoms. The quantitative estimate of drug-likeness (QED) is 0.630. The van der Waals surface area contributed by atoms with Crippen molar-refractivity contribution in [2.75, 3.05) is 12.3 Å². The summed E-state index contributed by atoms with van der Waals surface area (Å²) in [6, 6.07) is 21.2. The summed E-state index contributed by atoms with van der Waals surface area (Å²) < 4.78 is 0. The van der Waals surface area contributed by atoms with Gasteiger partial charge in [-0.1, -0.05) is 54.1 Å². The van der Waals surface area contributed by atoms with Gasteiger partial charge in [-0.25, -0.2) is 0 Å². The van der Waals surface area contributed by atoms with Crippen molar-refractivity contribution in [2.24, 2.45) is 0 Å². The van der Waals surface area contributed by atoms with Crippen LogP contribution in [0.1, 0.15) is 11.7 Å². The molecule has 2 N–H and O–H groups in total. The van der Waals surface area contributed by atoms with E-state index in [9.17, 15) is 9.90 Å². The average Bonchev–Trinajstić information content (AvgIpc) is 2.65. The first kappa shape index (κ1) is 17.8. The van der Waals surface area contributed by atoms with Crippen LogP contribution in [0.2, 0.25) is 5.02 Å². The fourth-order valence-corrected chi connectivity index (χ4v) is 3.37. The van der Waals surface area contributed by atoms with Crippen molar-refractivity contribution >= 4 is 40.0 Å². The van der Waals surface area contributed by atoms with Gasteiger partial charge in [-0.15, -0.1) is 11.8 Å². The number of hydrogen-bond acceptors (Lipinski definition) is 3. The summed E-state index contributed by atoms with van der Waals surface area (Å²) >= 11 is 7.31. The lowest BCUT2D eigenvalue weighted by atomic mass is 10.1.